The van der Waals surface area contributed by atoms with Crippen LogP contribution >= 0.6 is 0 Å². The molecule has 0 spiro atoms. The predicted octanol–water partition coefficient (Wildman–Crippen LogP) is 2.40. The lowest BCUT2D eigenvalue weighted by Gasteiger charge is -2.19. The average Bonchev–Trinajstić information content (AvgIpc) is 1.65. The van der Waals surface area contributed by atoms with Gasteiger partial charge in [-0.1, -0.05) is 0 Å². The van der Waals surface area contributed by atoms with E-state index in [-0.39, 0.29) is 12.8 Å². The van der Waals surface area contributed by atoms with E-state index in [1.54, 1.807) is 6.42 Å². The first-order valence-corrected chi connectivity index (χ1v) is 2.90. The summed E-state index contributed by atoms with van der Waals surface area (Å²) in [6, 6.07) is 0. The quantitative estimate of drug-likeness (QED) is 0.459. The second kappa shape index (κ2) is 2.00. The van der Waals surface area contributed by atoms with Crippen LogP contribution in [0.1, 0.15) is 25.7 Å². The van der Waals surface area contributed by atoms with Crippen molar-refractivity contribution < 1.29 is 8.78 Å². The van der Waals surface area contributed by atoms with Crippen molar-refractivity contribution in [2.75, 3.05) is 0 Å². The third-order valence-electron chi connectivity index (χ3n) is 1.39. The van der Waals surface area contributed by atoms with Crippen molar-refractivity contribution in [3.8, 4) is 0 Å². The highest BCUT2D eigenvalue weighted by molar-refractivity contribution is 4.82. The summed E-state index contributed by atoms with van der Waals surface area (Å²) in [7, 11) is 0. The number of rotatable bonds is 0. The number of alkyl halides is 2. The Morgan fingerprint density at radius 1 is 1.38 bits per heavy atom. The van der Waals surface area contributed by atoms with Crippen molar-refractivity contribution in [1.29, 1.82) is 0 Å². The monoisotopic (exact) mass is 119 g/mol. The summed E-state index contributed by atoms with van der Waals surface area (Å²) in [5, 5.41) is 0. The standard InChI is InChI=1S/C6H9F2/c7-6(8)4-2-1-3-5-6/h2H,1,3-5H2. The van der Waals surface area contributed by atoms with Crippen molar-refractivity contribution in [3.63, 3.8) is 0 Å². The Kier molecular flexibility index (Phi) is 1.49. The van der Waals surface area contributed by atoms with Crippen molar-refractivity contribution in [3.05, 3.63) is 6.42 Å². The second-order valence-electron chi connectivity index (χ2n) is 2.24. The number of halogens is 2. The molecule has 0 aliphatic heterocycles. The highest BCUT2D eigenvalue weighted by Crippen LogP contribution is 2.31. The van der Waals surface area contributed by atoms with Gasteiger partial charge in [0.15, 0.2) is 0 Å². The molecule has 0 saturated heterocycles. The van der Waals surface area contributed by atoms with Gasteiger partial charge in [-0.3, -0.25) is 0 Å². The van der Waals surface area contributed by atoms with Gasteiger partial charge in [-0.05, 0) is 19.3 Å². The minimum atomic E-state index is -2.38. The molecule has 1 rings (SSSR count). The van der Waals surface area contributed by atoms with Gasteiger partial charge in [-0.25, -0.2) is 8.78 Å². The van der Waals surface area contributed by atoms with Gasteiger partial charge in [-0.15, -0.1) is 0 Å². The molecule has 0 atom stereocenters. The summed E-state index contributed by atoms with van der Waals surface area (Å²) in [4.78, 5) is 0. The van der Waals surface area contributed by atoms with Crippen LogP contribution in [0.15, 0.2) is 0 Å². The molecule has 0 N–H and O–H groups in total. The number of hydrogen-bond acceptors (Lipinski definition) is 0. The molecule has 0 unspecified atom stereocenters. The van der Waals surface area contributed by atoms with Crippen LogP contribution in [0.4, 0.5) is 8.78 Å². The van der Waals surface area contributed by atoms with Crippen LogP contribution in [0.25, 0.3) is 0 Å². The maximum atomic E-state index is 12.2. The lowest BCUT2D eigenvalue weighted by molar-refractivity contribution is -0.0201. The smallest absolute Gasteiger partial charge is 0.207 e. The molecule has 1 aliphatic carbocycles. The Bertz CT molecular complexity index is 70.6. The van der Waals surface area contributed by atoms with Gasteiger partial charge in [0.05, 0.1) is 0 Å². The first-order chi connectivity index (χ1) is 3.71. The van der Waals surface area contributed by atoms with Crippen LogP contribution in [0.3, 0.4) is 0 Å². The highest BCUT2D eigenvalue weighted by atomic mass is 19.3. The summed E-state index contributed by atoms with van der Waals surface area (Å²) in [6.45, 7) is 0. The Hall–Kier alpha value is -0.140. The second-order valence-corrected chi connectivity index (χ2v) is 2.24. The molecule has 1 aliphatic rings. The lowest BCUT2D eigenvalue weighted by atomic mass is 9.97. The van der Waals surface area contributed by atoms with Gasteiger partial charge >= 0.3 is 0 Å². The van der Waals surface area contributed by atoms with Gasteiger partial charge in [0, 0.05) is 12.8 Å². The fourth-order valence-corrected chi connectivity index (χ4v) is 0.920. The van der Waals surface area contributed by atoms with Gasteiger partial charge < -0.3 is 0 Å². The van der Waals surface area contributed by atoms with E-state index >= 15 is 0 Å². The highest BCUT2D eigenvalue weighted by Gasteiger charge is 2.30. The summed E-state index contributed by atoms with van der Waals surface area (Å²) in [6.07, 6.45) is 3.28. The summed E-state index contributed by atoms with van der Waals surface area (Å²) < 4.78 is 24.3. The van der Waals surface area contributed by atoms with Crippen molar-refractivity contribution in [1.82, 2.24) is 0 Å². The van der Waals surface area contributed by atoms with E-state index in [0.29, 0.717) is 6.42 Å². The fraction of sp³-hybridized carbons (Fsp3) is 0.833. The first-order valence-electron chi connectivity index (χ1n) is 2.90. The molecule has 2 heteroatoms. The van der Waals surface area contributed by atoms with E-state index in [4.69, 9.17) is 0 Å². The Morgan fingerprint density at radius 2 is 2.12 bits per heavy atom. The molecule has 1 radical (unpaired) electrons. The molecule has 0 aromatic carbocycles. The molecular formula is C6H9F2. The molecular weight excluding hydrogens is 110 g/mol. The zero-order valence-corrected chi connectivity index (χ0v) is 4.66. The zero-order valence-electron chi connectivity index (χ0n) is 4.66. The minimum Gasteiger partial charge on any atom is -0.207 e. The van der Waals surface area contributed by atoms with Crippen LogP contribution in [0.2, 0.25) is 0 Å². The zero-order chi connectivity index (χ0) is 6.04. The van der Waals surface area contributed by atoms with Crippen LogP contribution in [-0.2, 0) is 0 Å². The van der Waals surface area contributed by atoms with E-state index in [1.165, 1.54) is 0 Å². The largest absolute Gasteiger partial charge is 0.248 e. The minimum absolute atomic E-state index is 0.00694. The fourth-order valence-electron chi connectivity index (χ4n) is 0.920. The van der Waals surface area contributed by atoms with Gasteiger partial charge in [0.25, 0.3) is 0 Å². The van der Waals surface area contributed by atoms with Gasteiger partial charge in [-0.2, -0.15) is 0 Å². The topological polar surface area (TPSA) is 0 Å². The normalized spacial score (nSPS) is 27.8. The molecule has 0 bridgehead atoms. The third kappa shape index (κ3) is 1.42. The lowest BCUT2D eigenvalue weighted by Crippen LogP contribution is -2.19. The van der Waals surface area contributed by atoms with E-state index < -0.39 is 5.92 Å². The van der Waals surface area contributed by atoms with Crippen LogP contribution in [0, 0.1) is 6.42 Å². The Labute approximate surface area is 47.9 Å². The molecule has 0 heterocycles. The summed E-state index contributed by atoms with van der Waals surface area (Å²) in [5.41, 5.74) is 0. The SMILES string of the molecule is FC1(F)C[CH]CCC1. The molecule has 47 valence electrons. The summed E-state index contributed by atoms with van der Waals surface area (Å²) in [5.74, 6) is -2.38. The summed E-state index contributed by atoms with van der Waals surface area (Å²) >= 11 is 0. The molecule has 0 aromatic rings. The van der Waals surface area contributed by atoms with E-state index in [0.717, 1.165) is 6.42 Å². The van der Waals surface area contributed by atoms with Crippen molar-refractivity contribution >= 4 is 0 Å². The Morgan fingerprint density at radius 3 is 2.38 bits per heavy atom. The average molecular weight is 119 g/mol. The van der Waals surface area contributed by atoms with E-state index in [2.05, 4.69) is 0 Å². The van der Waals surface area contributed by atoms with Crippen LogP contribution in [0.5, 0.6) is 0 Å². The molecule has 0 amide bonds. The van der Waals surface area contributed by atoms with Crippen molar-refractivity contribution in [2.45, 2.75) is 31.6 Å². The maximum Gasteiger partial charge on any atom is 0.248 e. The molecule has 8 heavy (non-hydrogen) atoms. The van der Waals surface area contributed by atoms with Crippen LogP contribution in [-0.4, -0.2) is 5.92 Å². The van der Waals surface area contributed by atoms with Crippen LogP contribution < -0.4 is 0 Å². The van der Waals surface area contributed by atoms with E-state index in [9.17, 15) is 8.78 Å². The molecule has 0 aromatic heterocycles. The van der Waals surface area contributed by atoms with E-state index in [1.807, 2.05) is 0 Å². The Balaban J connectivity index is 2.33. The predicted molar refractivity (Wildman–Crippen MR) is 27.7 cm³/mol. The van der Waals surface area contributed by atoms with Crippen molar-refractivity contribution in [2.24, 2.45) is 0 Å². The molecule has 1 fully saturated rings. The molecule has 0 nitrogen and oxygen atoms in total. The number of hydrogen-bond donors (Lipinski definition) is 0. The van der Waals surface area contributed by atoms with Gasteiger partial charge in [0.2, 0.25) is 5.92 Å². The van der Waals surface area contributed by atoms with Gasteiger partial charge in [0.1, 0.15) is 0 Å². The maximum absolute atomic E-state index is 12.2. The first kappa shape index (κ1) is 5.99. The third-order valence-corrected chi connectivity index (χ3v) is 1.39. The molecule has 1 saturated carbocycles.